The Kier molecular flexibility index (Phi) is 6.49. The van der Waals surface area contributed by atoms with Crippen LogP contribution in [0.25, 0.3) is 0 Å². The van der Waals surface area contributed by atoms with E-state index >= 15 is 0 Å². The average molecular weight is 193 g/mol. The topological polar surface area (TPSA) is 0 Å². The van der Waals surface area contributed by atoms with Crippen LogP contribution in [-0.2, 0) is 16.3 Å². The molecule has 0 aromatic carbocycles. The van der Waals surface area contributed by atoms with Gasteiger partial charge in [-0.25, -0.2) is 0 Å². The van der Waals surface area contributed by atoms with Crippen molar-refractivity contribution in [2.75, 3.05) is 0 Å². The van der Waals surface area contributed by atoms with Gasteiger partial charge in [-0.3, -0.25) is 0 Å². The molecule has 0 saturated carbocycles. The summed E-state index contributed by atoms with van der Waals surface area (Å²) in [6.07, 6.45) is 5.15. The van der Waals surface area contributed by atoms with E-state index in [1.54, 1.807) is 6.08 Å². The van der Waals surface area contributed by atoms with Gasteiger partial charge in [0.25, 0.3) is 0 Å². The molecule has 0 amide bonds. The van der Waals surface area contributed by atoms with Crippen LogP contribution in [0.15, 0.2) is 18.2 Å². The van der Waals surface area contributed by atoms with Gasteiger partial charge >= 0.3 is 55.3 Å². The molecule has 0 bridgehead atoms. The van der Waals surface area contributed by atoms with Gasteiger partial charge in [-0.05, 0) is 0 Å². The number of hydrogen-bond acceptors (Lipinski definition) is 1. The normalized spacial score (nSPS) is 8.57. The van der Waals surface area contributed by atoms with Crippen molar-refractivity contribution in [1.82, 2.24) is 0 Å². The van der Waals surface area contributed by atoms with E-state index in [1.165, 1.54) is 6.08 Å². The zero-order valence-corrected chi connectivity index (χ0v) is 6.53. The van der Waals surface area contributed by atoms with Gasteiger partial charge in [0.1, 0.15) is 0 Å². The zero-order valence-electron chi connectivity index (χ0n) is 3.70. The first-order valence-electron chi connectivity index (χ1n) is 1.74. The van der Waals surface area contributed by atoms with Crippen molar-refractivity contribution < 1.29 is 16.3 Å². The maximum atomic E-state index is 5.02. The summed E-state index contributed by atoms with van der Waals surface area (Å²) in [6.45, 7) is 5.02. The molecular weight excluding hydrogens is 188 g/mol. The van der Waals surface area contributed by atoms with Crippen molar-refractivity contribution in [2.45, 2.75) is 0 Å². The molecule has 7 heavy (non-hydrogen) atoms. The monoisotopic (exact) mass is 195 g/mol. The summed E-state index contributed by atoms with van der Waals surface area (Å²) < 4.78 is 1.99. The van der Waals surface area contributed by atoms with E-state index in [0.29, 0.717) is 0 Å². The third kappa shape index (κ3) is 6.26. The van der Waals surface area contributed by atoms with Crippen LogP contribution >= 0.6 is 9.82 Å². The van der Waals surface area contributed by atoms with Crippen LogP contribution in [0.2, 0.25) is 0 Å². The number of allylic oxidation sites excluding steroid dienone is 3. The van der Waals surface area contributed by atoms with Crippen molar-refractivity contribution in [3.63, 3.8) is 0 Å². The SMILES string of the molecule is [CH-]=C/C=C\[CH]=[Mo]=[S]. The molecule has 0 heterocycles. The van der Waals surface area contributed by atoms with Crippen molar-refractivity contribution in [1.29, 1.82) is 0 Å². The molecule has 0 rings (SSSR count). The van der Waals surface area contributed by atoms with Crippen LogP contribution in [0.1, 0.15) is 0 Å². The minimum absolute atomic E-state index is 0.248. The Hall–Kier alpha value is 0.258. The van der Waals surface area contributed by atoms with Gasteiger partial charge in [-0.1, -0.05) is 0 Å². The molecule has 0 atom stereocenters. The second-order valence-electron chi connectivity index (χ2n) is 0.810. The second kappa shape index (κ2) is 6.26. The molecule has 0 radical (unpaired) electrons. The van der Waals surface area contributed by atoms with E-state index in [1.807, 2.05) is 10.5 Å². The first-order valence-corrected chi connectivity index (χ1v) is 5.69. The minimum atomic E-state index is -0.248. The molecule has 0 spiro atoms. The molecule has 0 aliphatic rings. The van der Waals surface area contributed by atoms with E-state index in [4.69, 9.17) is 16.4 Å². The fourth-order valence-corrected chi connectivity index (χ4v) is 0.902. The first kappa shape index (κ1) is 7.26. The van der Waals surface area contributed by atoms with E-state index in [2.05, 4.69) is 0 Å². The van der Waals surface area contributed by atoms with Crippen LogP contribution in [0.5, 0.6) is 0 Å². The summed E-state index contributed by atoms with van der Waals surface area (Å²) in [7, 11) is 4.73. The Morgan fingerprint density at radius 3 is 2.57 bits per heavy atom. The Morgan fingerprint density at radius 1 is 1.43 bits per heavy atom. The molecule has 0 aliphatic carbocycles. The molecule has 0 aromatic rings. The van der Waals surface area contributed by atoms with Crippen molar-refractivity contribution in [3.8, 4) is 0 Å². The van der Waals surface area contributed by atoms with Crippen molar-refractivity contribution >= 4 is 14.2 Å². The summed E-state index contributed by atoms with van der Waals surface area (Å²) in [5, 5.41) is 0. The molecule has 0 nitrogen and oxygen atoms in total. The average Bonchev–Trinajstić information content (AvgIpc) is 1.69. The molecule has 0 aromatic heterocycles. The molecule has 0 unspecified atom stereocenters. The summed E-state index contributed by atoms with van der Waals surface area (Å²) in [6, 6.07) is 0. The summed E-state index contributed by atoms with van der Waals surface area (Å²) >= 11 is -0.248. The maximum absolute atomic E-state index is 5.02. The van der Waals surface area contributed by atoms with Gasteiger partial charge in [0.05, 0.1) is 0 Å². The molecule has 0 saturated heterocycles. The predicted octanol–water partition coefficient (Wildman–Crippen LogP) is 1.53. The molecule has 0 fully saturated rings. The number of hydrogen-bond donors (Lipinski definition) is 0. The van der Waals surface area contributed by atoms with Gasteiger partial charge in [0.15, 0.2) is 0 Å². The summed E-state index contributed by atoms with van der Waals surface area (Å²) in [5.41, 5.74) is 0. The van der Waals surface area contributed by atoms with Crippen LogP contribution in [0, 0.1) is 6.58 Å². The Balaban J connectivity index is 3.47. The fourth-order valence-electron chi connectivity index (χ4n) is 0.142. The van der Waals surface area contributed by atoms with E-state index < -0.39 is 0 Å². The van der Waals surface area contributed by atoms with Gasteiger partial charge in [0.2, 0.25) is 0 Å². The Labute approximate surface area is 55.4 Å². The third-order valence-electron chi connectivity index (χ3n) is 0.356. The van der Waals surface area contributed by atoms with Crippen molar-refractivity contribution in [3.05, 3.63) is 24.8 Å². The first-order chi connectivity index (χ1) is 3.41. The summed E-state index contributed by atoms with van der Waals surface area (Å²) in [5.74, 6) is 0. The van der Waals surface area contributed by atoms with Gasteiger partial charge in [-0.2, -0.15) is 0 Å². The van der Waals surface area contributed by atoms with Gasteiger partial charge in [0, 0.05) is 0 Å². The Bertz CT molecular complexity index is 120. The standard InChI is InChI=1S/C5H5.Mo.S/c1-3-5-4-2;;/h1-5H;;/q-1;;/b5-3-;;. The Morgan fingerprint density at radius 2 is 2.14 bits per heavy atom. The molecule has 38 valence electrons. The quantitative estimate of drug-likeness (QED) is 0.364. The zero-order chi connectivity index (χ0) is 5.54. The fraction of sp³-hybridized carbons (Fsp3) is 0. The van der Waals surface area contributed by atoms with E-state index in [0.717, 1.165) is 0 Å². The van der Waals surface area contributed by atoms with Gasteiger partial charge < -0.3 is 0 Å². The number of rotatable bonds is 2. The van der Waals surface area contributed by atoms with Crippen LogP contribution < -0.4 is 0 Å². The van der Waals surface area contributed by atoms with Gasteiger partial charge in [-0.15, -0.1) is 0 Å². The molecular formula is C5H5MoS-. The molecule has 0 N–H and O–H groups in total. The second-order valence-corrected chi connectivity index (χ2v) is 3.09. The van der Waals surface area contributed by atoms with Crippen LogP contribution in [-0.4, -0.2) is 4.40 Å². The third-order valence-corrected chi connectivity index (χ3v) is 1.67. The van der Waals surface area contributed by atoms with E-state index in [-0.39, 0.29) is 16.3 Å². The van der Waals surface area contributed by atoms with E-state index in [9.17, 15) is 0 Å². The van der Waals surface area contributed by atoms with Crippen LogP contribution in [0.3, 0.4) is 0 Å². The molecule has 2 heteroatoms. The van der Waals surface area contributed by atoms with Crippen LogP contribution in [0.4, 0.5) is 0 Å². The van der Waals surface area contributed by atoms with Crippen molar-refractivity contribution in [2.24, 2.45) is 0 Å². The molecule has 0 aliphatic heterocycles. The summed E-state index contributed by atoms with van der Waals surface area (Å²) in [4.78, 5) is 0. The predicted molar refractivity (Wildman–Crippen MR) is 31.7 cm³/mol.